The molecule has 0 N–H and O–H groups in total. The van der Waals surface area contributed by atoms with Crippen LogP contribution in [-0.4, -0.2) is 6.10 Å². The Kier molecular flexibility index (Phi) is 10.5. The van der Waals surface area contributed by atoms with Crippen LogP contribution in [0.2, 0.25) is 0 Å². The van der Waals surface area contributed by atoms with Gasteiger partial charge in [-0.2, -0.15) is 0 Å². The fourth-order valence-corrected chi connectivity index (χ4v) is 4.78. The third kappa shape index (κ3) is 8.38. The molecule has 153 valence electrons. The van der Waals surface area contributed by atoms with Gasteiger partial charge in [0.1, 0.15) is 0 Å². The van der Waals surface area contributed by atoms with Gasteiger partial charge in [-0.1, -0.05) is 96.4 Å². The van der Waals surface area contributed by atoms with E-state index >= 15 is 0 Å². The second kappa shape index (κ2) is 12.6. The van der Waals surface area contributed by atoms with Crippen LogP contribution in [0.3, 0.4) is 0 Å². The molecular formula is C26H43O. The minimum Gasteiger partial charge on any atom is -0.233 e. The van der Waals surface area contributed by atoms with Crippen molar-refractivity contribution in [1.82, 2.24) is 0 Å². The molecule has 1 radical (unpaired) electrons. The molecule has 1 nitrogen and oxygen atoms in total. The van der Waals surface area contributed by atoms with Crippen LogP contribution in [0.25, 0.3) is 0 Å². The van der Waals surface area contributed by atoms with Crippen molar-refractivity contribution in [1.29, 1.82) is 0 Å². The average molecular weight is 372 g/mol. The molecule has 0 aliphatic heterocycles. The molecule has 0 aromatic heterocycles. The van der Waals surface area contributed by atoms with Crippen LogP contribution in [0, 0.1) is 11.8 Å². The summed E-state index contributed by atoms with van der Waals surface area (Å²) < 4.78 is 0. The number of rotatable bonds is 12. The van der Waals surface area contributed by atoms with Crippen molar-refractivity contribution < 1.29 is 5.11 Å². The number of benzene rings is 1. The molecule has 27 heavy (non-hydrogen) atoms. The van der Waals surface area contributed by atoms with Gasteiger partial charge in [-0.25, -0.2) is 5.11 Å². The van der Waals surface area contributed by atoms with Crippen LogP contribution >= 0.6 is 0 Å². The van der Waals surface area contributed by atoms with E-state index in [-0.39, 0.29) is 6.10 Å². The summed E-state index contributed by atoms with van der Waals surface area (Å²) in [5.41, 5.74) is 2.90. The predicted octanol–water partition coefficient (Wildman–Crippen LogP) is 8.10. The maximum Gasteiger partial charge on any atom is 0.0930 e. The number of unbranched alkanes of at least 4 members (excludes halogenated alkanes) is 1. The normalized spacial score (nSPS) is 22.5. The molecule has 1 saturated carbocycles. The lowest BCUT2D eigenvalue weighted by molar-refractivity contribution is 0.0685. The molecule has 1 fully saturated rings. The fourth-order valence-electron chi connectivity index (χ4n) is 4.78. The molecule has 0 heterocycles. The first-order valence-corrected chi connectivity index (χ1v) is 11.9. The first-order valence-electron chi connectivity index (χ1n) is 11.9. The van der Waals surface area contributed by atoms with Gasteiger partial charge in [0.15, 0.2) is 0 Å². The van der Waals surface area contributed by atoms with Gasteiger partial charge >= 0.3 is 0 Å². The lowest BCUT2D eigenvalue weighted by Crippen LogP contribution is -2.15. The summed E-state index contributed by atoms with van der Waals surface area (Å²) in [6, 6.07) is 9.29. The second-order valence-electron chi connectivity index (χ2n) is 9.20. The molecule has 1 aromatic rings. The summed E-state index contributed by atoms with van der Waals surface area (Å²) >= 11 is 0. The van der Waals surface area contributed by atoms with E-state index in [0.29, 0.717) is 5.92 Å². The SMILES string of the molecule is CCCCC([O])CCC(C)c1ccc(CC[C@H]2CC[C@H](CCC)CC2)cc1. The van der Waals surface area contributed by atoms with Gasteiger partial charge in [0, 0.05) is 0 Å². The highest BCUT2D eigenvalue weighted by Gasteiger charge is 2.20. The van der Waals surface area contributed by atoms with E-state index < -0.39 is 0 Å². The maximum atomic E-state index is 12.0. The van der Waals surface area contributed by atoms with Crippen LogP contribution in [0.5, 0.6) is 0 Å². The highest BCUT2D eigenvalue weighted by molar-refractivity contribution is 5.25. The van der Waals surface area contributed by atoms with Crippen LogP contribution in [-0.2, 0) is 11.5 Å². The molecular weight excluding hydrogens is 328 g/mol. The smallest absolute Gasteiger partial charge is 0.0930 e. The minimum absolute atomic E-state index is 0.362. The van der Waals surface area contributed by atoms with E-state index in [0.717, 1.165) is 43.9 Å². The van der Waals surface area contributed by atoms with E-state index in [1.165, 1.54) is 62.5 Å². The Bertz CT molecular complexity index is 483. The predicted molar refractivity (Wildman–Crippen MR) is 117 cm³/mol. The summed E-state index contributed by atoms with van der Waals surface area (Å²) in [5.74, 6) is 2.47. The second-order valence-corrected chi connectivity index (χ2v) is 9.20. The highest BCUT2D eigenvalue weighted by atomic mass is 16.3. The molecule has 1 aliphatic rings. The lowest BCUT2D eigenvalue weighted by atomic mass is 9.78. The molecule has 2 atom stereocenters. The van der Waals surface area contributed by atoms with Crippen molar-refractivity contribution in [3.63, 3.8) is 0 Å². The Hall–Kier alpha value is -0.820. The highest BCUT2D eigenvalue weighted by Crippen LogP contribution is 2.34. The zero-order valence-corrected chi connectivity index (χ0v) is 18.2. The lowest BCUT2D eigenvalue weighted by Gasteiger charge is -2.28. The van der Waals surface area contributed by atoms with Crippen LogP contribution < -0.4 is 0 Å². The average Bonchev–Trinajstić information content (AvgIpc) is 2.70. The Morgan fingerprint density at radius 3 is 2.07 bits per heavy atom. The van der Waals surface area contributed by atoms with Gasteiger partial charge in [0.2, 0.25) is 0 Å². The molecule has 1 aromatic carbocycles. The van der Waals surface area contributed by atoms with Crippen molar-refractivity contribution in [3.8, 4) is 0 Å². The van der Waals surface area contributed by atoms with Crippen molar-refractivity contribution in [2.45, 2.75) is 116 Å². The van der Waals surface area contributed by atoms with Gasteiger partial charge in [0.05, 0.1) is 6.10 Å². The van der Waals surface area contributed by atoms with Crippen molar-refractivity contribution >= 4 is 0 Å². The molecule has 2 unspecified atom stereocenters. The topological polar surface area (TPSA) is 19.9 Å². The molecule has 0 saturated heterocycles. The van der Waals surface area contributed by atoms with Gasteiger partial charge in [0.25, 0.3) is 0 Å². The summed E-state index contributed by atoms with van der Waals surface area (Å²) in [4.78, 5) is 0. The minimum atomic E-state index is -0.362. The fraction of sp³-hybridized carbons (Fsp3) is 0.769. The third-order valence-electron chi connectivity index (χ3n) is 6.85. The van der Waals surface area contributed by atoms with Gasteiger partial charge in [-0.3, -0.25) is 0 Å². The van der Waals surface area contributed by atoms with Gasteiger partial charge in [-0.15, -0.1) is 0 Å². The first kappa shape index (κ1) is 22.5. The summed E-state index contributed by atoms with van der Waals surface area (Å²) in [7, 11) is 0. The maximum absolute atomic E-state index is 12.0. The van der Waals surface area contributed by atoms with Gasteiger partial charge < -0.3 is 0 Å². The van der Waals surface area contributed by atoms with E-state index in [1.807, 2.05) is 0 Å². The Labute approximate surface area is 169 Å². The Morgan fingerprint density at radius 1 is 0.852 bits per heavy atom. The Morgan fingerprint density at radius 2 is 1.48 bits per heavy atom. The summed E-state index contributed by atoms with van der Waals surface area (Å²) in [5, 5.41) is 12.0. The van der Waals surface area contributed by atoms with Crippen LogP contribution in [0.4, 0.5) is 0 Å². The molecule has 0 bridgehead atoms. The van der Waals surface area contributed by atoms with E-state index in [9.17, 15) is 5.11 Å². The standard InChI is InChI=1S/C26H43O/c1-4-6-8-26(27)20-9-21(3)25-18-16-24(17-19-25)15-14-23-12-10-22(7-5-2)11-13-23/h16-19,21-23,26H,4-15,20H2,1-3H3/t21?,22-,23-,26?. The molecule has 1 aliphatic carbocycles. The van der Waals surface area contributed by atoms with Crippen LogP contribution in [0.15, 0.2) is 24.3 Å². The summed E-state index contributed by atoms with van der Waals surface area (Å²) in [6.45, 7) is 6.76. The van der Waals surface area contributed by atoms with Crippen molar-refractivity contribution in [2.75, 3.05) is 0 Å². The van der Waals surface area contributed by atoms with Crippen molar-refractivity contribution in [2.24, 2.45) is 11.8 Å². The molecule has 2 rings (SSSR count). The van der Waals surface area contributed by atoms with E-state index in [4.69, 9.17) is 0 Å². The number of aryl methyl sites for hydroxylation is 1. The monoisotopic (exact) mass is 371 g/mol. The molecule has 1 heteroatoms. The zero-order valence-electron chi connectivity index (χ0n) is 18.2. The Balaban J connectivity index is 1.68. The largest absolute Gasteiger partial charge is 0.233 e. The van der Waals surface area contributed by atoms with Crippen molar-refractivity contribution in [3.05, 3.63) is 35.4 Å². The number of hydrogen-bond acceptors (Lipinski definition) is 0. The van der Waals surface area contributed by atoms with Gasteiger partial charge in [-0.05, 0) is 61.0 Å². The van der Waals surface area contributed by atoms with Crippen LogP contribution in [0.1, 0.15) is 115 Å². The van der Waals surface area contributed by atoms with E-state index in [1.54, 1.807) is 0 Å². The molecule has 0 amide bonds. The van der Waals surface area contributed by atoms with E-state index in [2.05, 4.69) is 45.0 Å². The first-order chi connectivity index (χ1) is 13.1. The molecule has 0 spiro atoms. The summed E-state index contributed by atoms with van der Waals surface area (Å²) in [6.07, 6.45) is 15.8. The quantitative estimate of drug-likeness (QED) is 0.354. The third-order valence-corrected chi connectivity index (χ3v) is 6.85. The number of hydrogen-bond donors (Lipinski definition) is 0. The zero-order chi connectivity index (χ0) is 19.5.